The SMILES string of the molecule is CC[C@H](C)n1cc(C(=O)c2ccc3ccccc3c2)c2ccccc21. The third kappa shape index (κ3) is 2.64. The van der Waals surface area contributed by atoms with Crippen LogP contribution in [-0.4, -0.2) is 10.4 Å². The summed E-state index contributed by atoms with van der Waals surface area (Å²) < 4.78 is 2.23. The van der Waals surface area contributed by atoms with E-state index in [4.69, 9.17) is 0 Å². The first kappa shape index (κ1) is 15.6. The summed E-state index contributed by atoms with van der Waals surface area (Å²) in [6.45, 7) is 4.36. The molecule has 4 rings (SSSR count). The van der Waals surface area contributed by atoms with E-state index in [9.17, 15) is 4.79 Å². The molecule has 0 saturated heterocycles. The lowest BCUT2D eigenvalue weighted by Gasteiger charge is -2.12. The first-order valence-electron chi connectivity index (χ1n) is 8.82. The number of aromatic nitrogens is 1. The Bertz CT molecular complexity index is 1070. The molecule has 0 unspecified atom stereocenters. The Kier molecular flexibility index (Phi) is 3.89. The average molecular weight is 327 g/mol. The lowest BCUT2D eigenvalue weighted by Crippen LogP contribution is -2.03. The third-order valence-corrected chi connectivity index (χ3v) is 5.06. The molecule has 124 valence electrons. The molecule has 1 aromatic heterocycles. The van der Waals surface area contributed by atoms with E-state index in [-0.39, 0.29) is 5.78 Å². The largest absolute Gasteiger partial charge is 0.344 e. The molecule has 0 N–H and O–H groups in total. The number of para-hydroxylation sites is 1. The lowest BCUT2D eigenvalue weighted by molar-refractivity contribution is 0.104. The Hall–Kier alpha value is -2.87. The number of ketones is 1. The number of fused-ring (bicyclic) bond motifs is 2. The third-order valence-electron chi connectivity index (χ3n) is 5.06. The summed E-state index contributed by atoms with van der Waals surface area (Å²) in [6, 6.07) is 22.6. The molecule has 0 fully saturated rings. The van der Waals surface area contributed by atoms with E-state index >= 15 is 0 Å². The molecular weight excluding hydrogens is 306 g/mol. The van der Waals surface area contributed by atoms with Crippen LogP contribution >= 0.6 is 0 Å². The van der Waals surface area contributed by atoms with E-state index in [1.807, 2.05) is 54.7 Å². The predicted molar refractivity (Wildman–Crippen MR) is 104 cm³/mol. The van der Waals surface area contributed by atoms with Gasteiger partial charge in [-0.25, -0.2) is 0 Å². The van der Waals surface area contributed by atoms with Crippen LogP contribution in [0.1, 0.15) is 42.2 Å². The van der Waals surface area contributed by atoms with Crippen LogP contribution in [0, 0.1) is 0 Å². The standard InChI is InChI=1S/C23H21NO/c1-3-16(2)24-15-21(20-10-6-7-11-22(20)24)23(25)19-13-12-17-8-4-5-9-18(17)14-19/h4-16H,3H2,1-2H3/t16-/m0/s1. The Morgan fingerprint density at radius 2 is 1.68 bits per heavy atom. The van der Waals surface area contributed by atoms with Gasteiger partial charge in [-0.05, 0) is 36.2 Å². The van der Waals surface area contributed by atoms with E-state index in [0.29, 0.717) is 6.04 Å². The van der Waals surface area contributed by atoms with Crippen molar-refractivity contribution in [3.05, 3.63) is 84.1 Å². The Balaban J connectivity index is 1.86. The highest BCUT2D eigenvalue weighted by molar-refractivity contribution is 6.17. The van der Waals surface area contributed by atoms with Crippen LogP contribution in [0.3, 0.4) is 0 Å². The smallest absolute Gasteiger partial charge is 0.195 e. The molecule has 3 aromatic carbocycles. The zero-order valence-corrected chi connectivity index (χ0v) is 14.6. The van der Waals surface area contributed by atoms with Crippen molar-refractivity contribution in [2.45, 2.75) is 26.3 Å². The average Bonchev–Trinajstić information content (AvgIpc) is 3.06. The van der Waals surface area contributed by atoms with Crippen LogP contribution in [0.15, 0.2) is 72.9 Å². The van der Waals surface area contributed by atoms with E-state index < -0.39 is 0 Å². The first-order valence-corrected chi connectivity index (χ1v) is 8.82. The number of hydrogen-bond acceptors (Lipinski definition) is 1. The van der Waals surface area contributed by atoms with Gasteiger partial charge in [0.2, 0.25) is 0 Å². The first-order chi connectivity index (χ1) is 12.2. The van der Waals surface area contributed by atoms with Gasteiger partial charge >= 0.3 is 0 Å². The quantitative estimate of drug-likeness (QED) is 0.422. The zero-order valence-electron chi connectivity index (χ0n) is 14.6. The van der Waals surface area contributed by atoms with Gasteiger partial charge in [0.05, 0.1) is 0 Å². The summed E-state index contributed by atoms with van der Waals surface area (Å²) in [6.07, 6.45) is 3.05. The number of carbonyl (C=O) groups is 1. The van der Waals surface area contributed by atoms with Gasteiger partial charge in [-0.15, -0.1) is 0 Å². The molecule has 0 spiro atoms. The highest BCUT2D eigenvalue weighted by Gasteiger charge is 2.18. The number of carbonyl (C=O) groups excluding carboxylic acids is 1. The second-order valence-corrected chi connectivity index (χ2v) is 6.62. The van der Waals surface area contributed by atoms with Crippen LogP contribution in [0.4, 0.5) is 0 Å². The fourth-order valence-electron chi connectivity index (χ4n) is 3.43. The summed E-state index contributed by atoms with van der Waals surface area (Å²) in [5.41, 5.74) is 2.65. The van der Waals surface area contributed by atoms with Crippen LogP contribution in [0.5, 0.6) is 0 Å². The Morgan fingerprint density at radius 1 is 0.960 bits per heavy atom. The number of hydrogen-bond donors (Lipinski definition) is 0. The minimum atomic E-state index is 0.0870. The molecule has 2 nitrogen and oxygen atoms in total. The summed E-state index contributed by atoms with van der Waals surface area (Å²) >= 11 is 0. The van der Waals surface area contributed by atoms with Gasteiger partial charge in [0, 0.05) is 34.3 Å². The van der Waals surface area contributed by atoms with Gasteiger partial charge in [0.25, 0.3) is 0 Å². The normalized spacial score (nSPS) is 12.6. The molecule has 0 radical (unpaired) electrons. The molecule has 0 aliphatic rings. The van der Waals surface area contributed by atoms with Crippen LogP contribution in [0.25, 0.3) is 21.7 Å². The van der Waals surface area contributed by atoms with Gasteiger partial charge in [-0.3, -0.25) is 4.79 Å². The van der Waals surface area contributed by atoms with E-state index in [0.717, 1.165) is 39.2 Å². The maximum atomic E-state index is 13.2. The van der Waals surface area contributed by atoms with Crippen molar-refractivity contribution in [2.24, 2.45) is 0 Å². The minimum Gasteiger partial charge on any atom is -0.344 e. The summed E-state index contributed by atoms with van der Waals surface area (Å²) in [5.74, 6) is 0.0870. The van der Waals surface area contributed by atoms with E-state index in [1.54, 1.807) is 0 Å². The highest BCUT2D eigenvalue weighted by atomic mass is 16.1. The molecule has 0 aliphatic carbocycles. The maximum Gasteiger partial charge on any atom is 0.195 e. The summed E-state index contributed by atoms with van der Waals surface area (Å²) in [5, 5.41) is 3.28. The molecule has 0 saturated carbocycles. The number of benzene rings is 3. The van der Waals surface area contributed by atoms with Crippen LogP contribution in [0.2, 0.25) is 0 Å². The molecule has 1 atom stereocenters. The van der Waals surface area contributed by atoms with E-state index in [2.05, 4.69) is 36.6 Å². The van der Waals surface area contributed by atoms with Crippen molar-refractivity contribution < 1.29 is 4.79 Å². The lowest BCUT2D eigenvalue weighted by atomic mass is 10.00. The maximum absolute atomic E-state index is 13.2. The highest BCUT2D eigenvalue weighted by Crippen LogP contribution is 2.28. The topological polar surface area (TPSA) is 22.0 Å². The van der Waals surface area contributed by atoms with Crippen molar-refractivity contribution in [1.29, 1.82) is 0 Å². The minimum absolute atomic E-state index is 0.0870. The molecular formula is C23H21NO. The van der Waals surface area contributed by atoms with Crippen molar-refractivity contribution >= 4 is 27.5 Å². The van der Waals surface area contributed by atoms with E-state index in [1.165, 1.54) is 0 Å². The van der Waals surface area contributed by atoms with Gasteiger partial charge in [-0.1, -0.05) is 61.5 Å². The summed E-state index contributed by atoms with van der Waals surface area (Å²) in [4.78, 5) is 13.2. The second-order valence-electron chi connectivity index (χ2n) is 6.62. The molecule has 4 aromatic rings. The van der Waals surface area contributed by atoms with Crippen LogP contribution in [-0.2, 0) is 0 Å². The molecule has 1 heterocycles. The van der Waals surface area contributed by atoms with Gasteiger partial charge in [0.15, 0.2) is 5.78 Å². The van der Waals surface area contributed by atoms with Crippen molar-refractivity contribution in [2.75, 3.05) is 0 Å². The van der Waals surface area contributed by atoms with Crippen molar-refractivity contribution in [3.8, 4) is 0 Å². The fraction of sp³-hybridized carbons (Fsp3) is 0.174. The fourth-order valence-corrected chi connectivity index (χ4v) is 3.43. The Labute approximate surface area is 147 Å². The number of nitrogens with zero attached hydrogens (tertiary/aromatic N) is 1. The predicted octanol–water partition coefficient (Wildman–Crippen LogP) is 6.00. The van der Waals surface area contributed by atoms with Gasteiger partial charge in [-0.2, -0.15) is 0 Å². The van der Waals surface area contributed by atoms with Crippen molar-refractivity contribution in [1.82, 2.24) is 4.57 Å². The summed E-state index contributed by atoms with van der Waals surface area (Å²) in [7, 11) is 0. The number of rotatable bonds is 4. The molecule has 0 aliphatic heterocycles. The van der Waals surface area contributed by atoms with Crippen LogP contribution < -0.4 is 0 Å². The van der Waals surface area contributed by atoms with Gasteiger partial charge < -0.3 is 4.57 Å². The zero-order chi connectivity index (χ0) is 17.4. The second kappa shape index (κ2) is 6.21. The monoisotopic (exact) mass is 327 g/mol. The molecule has 2 heteroatoms. The Morgan fingerprint density at radius 3 is 2.48 bits per heavy atom. The molecule has 25 heavy (non-hydrogen) atoms. The molecule has 0 bridgehead atoms. The molecule has 0 amide bonds. The van der Waals surface area contributed by atoms with Crippen molar-refractivity contribution in [3.63, 3.8) is 0 Å². The van der Waals surface area contributed by atoms with Gasteiger partial charge in [0.1, 0.15) is 0 Å².